The summed E-state index contributed by atoms with van der Waals surface area (Å²) in [4.78, 5) is 31.6. The highest BCUT2D eigenvalue weighted by Crippen LogP contribution is 2.30. The number of carbonyl (C=O) groups excluding carboxylic acids is 2. The number of rotatable bonds is 13. The standard InChI is InChI=1S/C31H36N6O5S/c1-40-24-13-11-22(12-14-24)30-33-35-37(34-30)20-28(38)36(17-16-21-10-15-25(41-2)26(19-21)42-3)29(27-9-6-18-43-27)31(39)32-23-7-4-5-8-23/h6,9-15,18-19,23,29H,4-5,7-8,16-17,20H2,1-3H3,(H,32,39)/t29-/m1/s1. The fraction of sp³-hybridized carbons (Fsp3) is 0.387. The molecule has 43 heavy (non-hydrogen) atoms. The van der Waals surface area contributed by atoms with Gasteiger partial charge in [-0.15, -0.1) is 21.5 Å². The molecule has 1 aliphatic rings. The van der Waals surface area contributed by atoms with Gasteiger partial charge >= 0.3 is 0 Å². The van der Waals surface area contributed by atoms with E-state index in [9.17, 15) is 9.59 Å². The van der Waals surface area contributed by atoms with Crippen LogP contribution in [0.5, 0.6) is 17.2 Å². The first-order valence-electron chi connectivity index (χ1n) is 14.3. The lowest BCUT2D eigenvalue weighted by atomic mass is 10.1. The maximum Gasteiger partial charge on any atom is 0.248 e. The van der Waals surface area contributed by atoms with Gasteiger partial charge in [-0.25, -0.2) is 0 Å². The van der Waals surface area contributed by atoms with E-state index in [-0.39, 0.29) is 30.9 Å². The molecule has 0 saturated heterocycles. The van der Waals surface area contributed by atoms with Crippen molar-refractivity contribution in [1.82, 2.24) is 30.4 Å². The third-order valence-electron chi connectivity index (χ3n) is 7.56. The Hall–Kier alpha value is -4.45. The van der Waals surface area contributed by atoms with E-state index in [1.165, 1.54) is 16.1 Å². The number of nitrogens with one attached hydrogen (secondary N) is 1. The Morgan fingerprint density at radius 1 is 1.02 bits per heavy atom. The van der Waals surface area contributed by atoms with Crippen LogP contribution in [-0.2, 0) is 22.6 Å². The Labute approximate surface area is 254 Å². The third-order valence-corrected chi connectivity index (χ3v) is 8.49. The van der Waals surface area contributed by atoms with Gasteiger partial charge in [0.15, 0.2) is 11.5 Å². The predicted octanol–water partition coefficient (Wildman–Crippen LogP) is 4.30. The van der Waals surface area contributed by atoms with E-state index >= 15 is 0 Å². The molecule has 2 amide bonds. The minimum absolute atomic E-state index is 0.113. The lowest BCUT2D eigenvalue weighted by Gasteiger charge is -2.31. The fourth-order valence-corrected chi connectivity index (χ4v) is 6.12. The van der Waals surface area contributed by atoms with Gasteiger partial charge in [-0.05, 0) is 77.9 Å². The summed E-state index contributed by atoms with van der Waals surface area (Å²) in [5, 5.41) is 17.9. The van der Waals surface area contributed by atoms with Crippen molar-refractivity contribution in [2.75, 3.05) is 27.9 Å². The highest BCUT2D eigenvalue weighted by Gasteiger charge is 2.34. The van der Waals surface area contributed by atoms with Crippen molar-refractivity contribution in [1.29, 1.82) is 0 Å². The van der Waals surface area contributed by atoms with E-state index in [0.717, 1.165) is 41.7 Å². The van der Waals surface area contributed by atoms with Gasteiger partial charge in [-0.1, -0.05) is 25.0 Å². The lowest BCUT2D eigenvalue weighted by molar-refractivity contribution is -0.141. The molecule has 11 nitrogen and oxygen atoms in total. The molecule has 5 rings (SSSR count). The van der Waals surface area contributed by atoms with Crippen LogP contribution >= 0.6 is 11.3 Å². The molecule has 0 spiro atoms. The molecule has 2 aromatic heterocycles. The van der Waals surface area contributed by atoms with Gasteiger partial charge in [0.1, 0.15) is 18.3 Å². The first-order chi connectivity index (χ1) is 21.0. The maximum atomic E-state index is 14.0. The molecule has 2 heterocycles. The molecule has 1 aliphatic carbocycles. The molecule has 1 atom stereocenters. The van der Waals surface area contributed by atoms with Crippen molar-refractivity contribution in [3.8, 4) is 28.6 Å². The monoisotopic (exact) mass is 604 g/mol. The second-order valence-electron chi connectivity index (χ2n) is 10.3. The summed E-state index contributed by atoms with van der Waals surface area (Å²) in [5.74, 6) is 1.86. The van der Waals surface area contributed by atoms with Crippen molar-refractivity contribution < 1.29 is 23.8 Å². The van der Waals surface area contributed by atoms with Gasteiger partial charge in [0.25, 0.3) is 0 Å². The number of tetrazole rings is 1. The zero-order valence-electron chi connectivity index (χ0n) is 24.6. The average Bonchev–Trinajstić information content (AvgIpc) is 3.83. The summed E-state index contributed by atoms with van der Waals surface area (Å²) in [5.41, 5.74) is 1.69. The summed E-state index contributed by atoms with van der Waals surface area (Å²) in [6.07, 6.45) is 4.56. The van der Waals surface area contributed by atoms with E-state index in [1.54, 1.807) is 26.2 Å². The second kappa shape index (κ2) is 14.1. The molecule has 226 valence electrons. The number of aromatic nitrogens is 4. The molecule has 12 heteroatoms. The van der Waals surface area contributed by atoms with Crippen LogP contribution in [0.1, 0.15) is 42.2 Å². The van der Waals surface area contributed by atoms with E-state index < -0.39 is 6.04 Å². The fourth-order valence-electron chi connectivity index (χ4n) is 5.28. The Balaban J connectivity index is 1.41. The molecule has 0 unspecified atom stereocenters. The van der Waals surface area contributed by atoms with E-state index in [1.807, 2.05) is 60.0 Å². The molecule has 0 aliphatic heterocycles. The number of hydrogen-bond donors (Lipinski definition) is 1. The first kappa shape index (κ1) is 30.0. The highest BCUT2D eigenvalue weighted by molar-refractivity contribution is 7.10. The van der Waals surface area contributed by atoms with Gasteiger partial charge in [0.2, 0.25) is 17.6 Å². The minimum Gasteiger partial charge on any atom is -0.497 e. The minimum atomic E-state index is -0.794. The van der Waals surface area contributed by atoms with Crippen LogP contribution in [0, 0.1) is 0 Å². The quantitative estimate of drug-likeness (QED) is 0.240. The summed E-state index contributed by atoms with van der Waals surface area (Å²) in [6.45, 7) is 0.114. The smallest absolute Gasteiger partial charge is 0.248 e. The van der Waals surface area contributed by atoms with Crippen LogP contribution in [0.2, 0.25) is 0 Å². The van der Waals surface area contributed by atoms with Crippen LogP contribution in [0.15, 0.2) is 60.0 Å². The first-order valence-corrected chi connectivity index (χ1v) is 15.1. The van der Waals surface area contributed by atoms with Gasteiger partial charge in [0, 0.05) is 23.0 Å². The molecule has 0 radical (unpaired) electrons. The lowest BCUT2D eigenvalue weighted by Crippen LogP contribution is -2.47. The summed E-state index contributed by atoms with van der Waals surface area (Å²) >= 11 is 1.45. The summed E-state index contributed by atoms with van der Waals surface area (Å²) in [6, 6.07) is 16.1. The molecule has 2 aromatic carbocycles. The van der Waals surface area contributed by atoms with Crippen molar-refractivity contribution in [2.45, 2.75) is 50.7 Å². The highest BCUT2D eigenvalue weighted by atomic mass is 32.1. The van der Waals surface area contributed by atoms with Gasteiger partial charge < -0.3 is 24.4 Å². The topological polar surface area (TPSA) is 121 Å². The van der Waals surface area contributed by atoms with Gasteiger partial charge in [-0.3, -0.25) is 9.59 Å². The van der Waals surface area contributed by atoms with Crippen LogP contribution in [0.4, 0.5) is 0 Å². The number of thiophene rings is 1. The predicted molar refractivity (Wildman–Crippen MR) is 162 cm³/mol. The summed E-state index contributed by atoms with van der Waals surface area (Å²) in [7, 11) is 4.78. The average molecular weight is 605 g/mol. The van der Waals surface area contributed by atoms with E-state index in [2.05, 4.69) is 20.7 Å². The van der Waals surface area contributed by atoms with E-state index in [0.29, 0.717) is 29.5 Å². The molecule has 1 fully saturated rings. The molecule has 4 aromatic rings. The molecular formula is C31H36N6O5S. The molecule has 1 N–H and O–H groups in total. The number of amides is 2. The number of nitrogens with zero attached hydrogens (tertiary/aromatic N) is 5. The van der Waals surface area contributed by atoms with Gasteiger partial charge in [-0.2, -0.15) is 4.80 Å². The van der Waals surface area contributed by atoms with Crippen molar-refractivity contribution in [3.63, 3.8) is 0 Å². The SMILES string of the molecule is COc1ccc(-c2nnn(CC(=O)N(CCc3ccc(OC)c(OC)c3)[C@@H](C(=O)NC3CCCC3)c3cccs3)n2)cc1. The number of methoxy groups -OCH3 is 3. The maximum absolute atomic E-state index is 14.0. The third kappa shape index (κ3) is 7.31. The molecule has 1 saturated carbocycles. The van der Waals surface area contributed by atoms with Crippen LogP contribution in [-0.4, -0.2) is 70.8 Å². The van der Waals surface area contributed by atoms with E-state index in [4.69, 9.17) is 14.2 Å². The Bertz CT molecular complexity index is 1500. The Kier molecular flexibility index (Phi) is 9.88. The van der Waals surface area contributed by atoms with Crippen LogP contribution < -0.4 is 19.5 Å². The van der Waals surface area contributed by atoms with Crippen molar-refractivity contribution in [2.24, 2.45) is 0 Å². The Morgan fingerprint density at radius 2 is 1.79 bits per heavy atom. The zero-order valence-corrected chi connectivity index (χ0v) is 25.4. The van der Waals surface area contributed by atoms with Crippen molar-refractivity contribution >= 4 is 23.2 Å². The largest absolute Gasteiger partial charge is 0.497 e. The van der Waals surface area contributed by atoms with Crippen molar-refractivity contribution in [3.05, 3.63) is 70.4 Å². The second-order valence-corrected chi connectivity index (χ2v) is 11.3. The number of ether oxygens (including phenoxy) is 3. The summed E-state index contributed by atoms with van der Waals surface area (Å²) < 4.78 is 16.1. The van der Waals surface area contributed by atoms with Crippen LogP contribution in [0.25, 0.3) is 11.4 Å². The molecular weight excluding hydrogens is 568 g/mol. The van der Waals surface area contributed by atoms with Gasteiger partial charge in [0.05, 0.1) is 21.3 Å². The molecule has 0 bridgehead atoms. The zero-order chi connectivity index (χ0) is 30.2. The number of carbonyl (C=O) groups is 2. The number of hydrogen-bond acceptors (Lipinski definition) is 9. The Morgan fingerprint density at radius 3 is 2.47 bits per heavy atom. The normalized spacial score (nSPS) is 13.8. The number of benzene rings is 2. The van der Waals surface area contributed by atoms with Crippen LogP contribution in [0.3, 0.4) is 0 Å².